The fraction of sp³-hybridized carbons (Fsp3) is 0.200. The Morgan fingerprint density at radius 3 is 2.38 bits per heavy atom. The molecule has 0 aliphatic rings. The molecule has 0 radical (unpaired) electrons. The average Bonchev–Trinajstić information content (AvgIpc) is 3.14. The number of benzene rings is 2. The Balaban J connectivity index is 1.59. The second kappa shape index (κ2) is 8.36. The molecular weight excluding hydrogens is 387 g/mol. The zero-order chi connectivity index (χ0) is 21.0. The molecule has 152 valence electrons. The Hall–Kier alpha value is -3.33. The van der Waals surface area contributed by atoms with E-state index in [9.17, 15) is 27.9 Å². The van der Waals surface area contributed by atoms with Gasteiger partial charge in [0.1, 0.15) is 11.7 Å². The van der Waals surface area contributed by atoms with E-state index in [4.69, 9.17) is 0 Å². The number of nitrogens with one attached hydrogen (secondary N) is 3. The molecule has 0 saturated carbocycles. The van der Waals surface area contributed by atoms with E-state index < -0.39 is 36.2 Å². The van der Waals surface area contributed by atoms with E-state index in [1.54, 1.807) is 12.1 Å². The first-order valence-electron chi connectivity index (χ1n) is 8.71. The van der Waals surface area contributed by atoms with Gasteiger partial charge >= 0.3 is 6.18 Å². The molecule has 0 aliphatic heterocycles. The topological polar surface area (TPSA) is 94.2 Å². The van der Waals surface area contributed by atoms with Crippen LogP contribution in [0.4, 0.5) is 13.2 Å². The Kier molecular flexibility index (Phi) is 5.88. The molecule has 0 unspecified atom stereocenters. The number of aromatic nitrogens is 1. The van der Waals surface area contributed by atoms with Gasteiger partial charge in [0.25, 0.3) is 5.91 Å². The van der Waals surface area contributed by atoms with Crippen molar-refractivity contribution >= 4 is 22.7 Å². The highest BCUT2D eigenvalue weighted by atomic mass is 19.4. The van der Waals surface area contributed by atoms with Gasteiger partial charge in [-0.25, -0.2) is 0 Å². The second-order valence-corrected chi connectivity index (χ2v) is 6.39. The SMILES string of the molecule is O=C(N[C@@H](CO)C(=O)NCc1ccc(C(F)(F)F)cc1)c1cc2ccccc2[nH]1. The number of hydrogen-bond acceptors (Lipinski definition) is 3. The molecule has 29 heavy (non-hydrogen) atoms. The maximum atomic E-state index is 12.6. The molecule has 1 heterocycles. The lowest BCUT2D eigenvalue weighted by Crippen LogP contribution is -2.48. The molecule has 2 aromatic carbocycles. The van der Waals surface area contributed by atoms with Crippen LogP contribution >= 0.6 is 0 Å². The van der Waals surface area contributed by atoms with Gasteiger partial charge in [-0.3, -0.25) is 9.59 Å². The Labute approximate surface area is 163 Å². The summed E-state index contributed by atoms with van der Waals surface area (Å²) in [6.07, 6.45) is -4.43. The molecule has 3 rings (SSSR count). The minimum absolute atomic E-state index is 0.0459. The van der Waals surface area contributed by atoms with Gasteiger partial charge in [0.15, 0.2) is 0 Å². The predicted octanol–water partition coefficient (Wildman–Crippen LogP) is 2.59. The highest BCUT2D eigenvalue weighted by Gasteiger charge is 2.30. The van der Waals surface area contributed by atoms with Gasteiger partial charge in [0.2, 0.25) is 5.91 Å². The summed E-state index contributed by atoms with van der Waals surface area (Å²) in [4.78, 5) is 27.5. The first-order valence-corrected chi connectivity index (χ1v) is 8.71. The number of amides is 2. The van der Waals surface area contributed by atoms with Crippen LogP contribution in [0.5, 0.6) is 0 Å². The zero-order valence-corrected chi connectivity index (χ0v) is 15.1. The van der Waals surface area contributed by atoms with Gasteiger partial charge in [-0.1, -0.05) is 30.3 Å². The first kappa shape index (κ1) is 20.4. The van der Waals surface area contributed by atoms with Crippen molar-refractivity contribution in [2.45, 2.75) is 18.8 Å². The third-order valence-electron chi connectivity index (χ3n) is 4.33. The lowest BCUT2D eigenvalue weighted by Gasteiger charge is -2.16. The minimum atomic E-state index is -4.43. The number of rotatable bonds is 6. The molecule has 0 saturated heterocycles. The smallest absolute Gasteiger partial charge is 0.394 e. The van der Waals surface area contributed by atoms with E-state index in [1.165, 1.54) is 12.1 Å². The van der Waals surface area contributed by atoms with Crippen molar-refractivity contribution in [3.63, 3.8) is 0 Å². The molecule has 3 aromatic rings. The number of carbonyl (C=O) groups excluding carboxylic acids is 2. The number of H-pyrrole nitrogens is 1. The molecule has 2 amide bonds. The van der Waals surface area contributed by atoms with Crippen LogP contribution in [-0.2, 0) is 17.5 Å². The maximum absolute atomic E-state index is 12.6. The lowest BCUT2D eigenvalue weighted by atomic mass is 10.1. The van der Waals surface area contributed by atoms with Gasteiger partial charge < -0.3 is 20.7 Å². The number of carbonyl (C=O) groups is 2. The highest BCUT2D eigenvalue weighted by Crippen LogP contribution is 2.29. The van der Waals surface area contributed by atoms with Crippen molar-refractivity contribution in [3.8, 4) is 0 Å². The summed E-state index contributed by atoms with van der Waals surface area (Å²) in [5, 5.41) is 15.2. The molecule has 1 aromatic heterocycles. The van der Waals surface area contributed by atoms with Crippen molar-refractivity contribution in [2.24, 2.45) is 0 Å². The second-order valence-electron chi connectivity index (χ2n) is 6.39. The van der Waals surface area contributed by atoms with E-state index in [2.05, 4.69) is 15.6 Å². The van der Waals surface area contributed by atoms with E-state index in [0.29, 0.717) is 5.56 Å². The summed E-state index contributed by atoms with van der Waals surface area (Å²) < 4.78 is 37.7. The largest absolute Gasteiger partial charge is 0.416 e. The molecule has 0 bridgehead atoms. The molecule has 0 fully saturated rings. The molecule has 4 N–H and O–H groups in total. The minimum Gasteiger partial charge on any atom is -0.394 e. The number of aliphatic hydroxyl groups is 1. The first-order chi connectivity index (χ1) is 13.8. The summed E-state index contributed by atoms with van der Waals surface area (Å²) in [6.45, 7) is -0.680. The lowest BCUT2D eigenvalue weighted by molar-refractivity contribution is -0.137. The van der Waals surface area contributed by atoms with Crippen LogP contribution in [0.15, 0.2) is 54.6 Å². The van der Waals surface area contributed by atoms with Gasteiger partial charge in [-0.05, 0) is 29.8 Å². The number of para-hydroxylation sites is 1. The quantitative estimate of drug-likeness (QED) is 0.508. The standard InChI is InChI=1S/C20H18F3N3O3/c21-20(22,23)14-7-5-12(6-8-14)10-24-18(28)17(11-27)26-19(29)16-9-13-3-1-2-4-15(13)25-16/h1-9,17,25,27H,10-11H2,(H,24,28)(H,26,29)/t17-/m0/s1. The molecule has 0 spiro atoms. The molecule has 9 heteroatoms. The van der Waals surface area contributed by atoms with Crippen LogP contribution < -0.4 is 10.6 Å². The van der Waals surface area contributed by atoms with Crippen molar-refractivity contribution in [1.29, 1.82) is 0 Å². The number of alkyl halides is 3. The normalized spacial score (nSPS) is 12.6. The Morgan fingerprint density at radius 1 is 1.07 bits per heavy atom. The summed E-state index contributed by atoms with van der Waals surface area (Å²) in [5.74, 6) is -1.22. The van der Waals surface area contributed by atoms with Crippen LogP contribution in [-0.4, -0.2) is 34.6 Å². The van der Waals surface area contributed by atoms with Crippen molar-refractivity contribution in [3.05, 3.63) is 71.4 Å². The van der Waals surface area contributed by atoms with E-state index in [-0.39, 0.29) is 12.2 Å². The summed E-state index contributed by atoms with van der Waals surface area (Å²) in [5.41, 5.74) is 0.654. The number of aromatic amines is 1. The van der Waals surface area contributed by atoms with Gasteiger partial charge in [-0.15, -0.1) is 0 Å². The van der Waals surface area contributed by atoms with Crippen LogP contribution in [0.3, 0.4) is 0 Å². The third kappa shape index (κ3) is 4.94. The Bertz CT molecular complexity index is 980. The van der Waals surface area contributed by atoms with Crippen LogP contribution in [0, 0.1) is 0 Å². The van der Waals surface area contributed by atoms with Gasteiger partial charge in [0.05, 0.1) is 12.2 Å². The maximum Gasteiger partial charge on any atom is 0.416 e. The van der Waals surface area contributed by atoms with Crippen LogP contribution in [0.1, 0.15) is 21.6 Å². The number of fused-ring (bicyclic) bond motifs is 1. The molecule has 0 aliphatic carbocycles. The fourth-order valence-electron chi connectivity index (χ4n) is 2.75. The Morgan fingerprint density at radius 2 is 1.76 bits per heavy atom. The molecular formula is C20H18F3N3O3. The van der Waals surface area contributed by atoms with E-state index >= 15 is 0 Å². The number of hydrogen-bond donors (Lipinski definition) is 4. The van der Waals surface area contributed by atoms with Crippen molar-refractivity contribution < 1.29 is 27.9 Å². The average molecular weight is 405 g/mol. The van der Waals surface area contributed by atoms with Gasteiger partial charge in [-0.2, -0.15) is 13.2 Å². The van der Waals surface area contributed by atoms with Crippen molar-refractivity contribution in [1.82, 2.24) is 15.6 Å². The summed E-state index contributed by atoms with van der Waals surface area (Å²) in [6, 6.07) is 12.0. The highest BCUT2D eigenvalue weighted by molar-refractivity contribution is 6.00. The fourth-order valence-corrected chi connectivity index (χ4v) is 2.75. The molecule has 1 atom stereocenters. The predicted molar refractivity (Wildman–Crippen MR) is 99.9 cm³/mol. The summed E-state index contributed by atoms with van der Waals surface area (Å²) >= 11 is 0. The van der Waals surface area contributed by atoms with E-state index in [0.717, 1.165) is 23.0 Å². The zero-order valence-electron chi connectivity index (χ0n) is 15.1. The monoisotopic (exact) mass is 405 g/mol. The van der Waals surface area contributed by atoms with E-state index in [1.807, 2.05) is 18.2 Å². The van der Waals surface area contributed by atoms with Crippen molar-refractivity contribution in [2.75, 3.05) is 6.61 Å². The molecule has 6 nitrogen and oxygen atoms in total. The van der Waals surface area contributed by atoms with Crippen LogP contribution in [0.25, 0.3) is 10.9 Å². The van der Waals surface area contributed by atoms with Crippen LogP contribution in [0.2, 0.25) is 0 Å². The summed E-state index contributed by atoms with van der Waals surface area (Å²) in [7, 11) is 0. The number of halogens is 3. The van der Waals surface area contributed by atoms with Gasteiger partial charge in [0, 0.05) is 17.4 Å². The third-order valence-corrected chi connectivity index (χ3v) is 4.33. The number of aliphatic hydroxyl groups excluding tert-OH is 1.